The van der Waals surface area contributed by atoms with Gasteiger partial charge in [0.15, 0.2) is 11.5 Å². The van der Waals surface area contributed by atoms with E-state index in [0.717, 1.165) is 0 Å². The molecule has 0 bridgehead atoms. The molecule has 1 aliphatic rings. The van der Waals surface area contributed by atoms with E-state index in [1.807, 2.05) is 5.43 Å². The number of nitrogen functional groups attached to an aromatic ring is 1. The summed E-state index contributed by atoms with van der Waals surface area (Å²) < 4.78 is 10.2. The molecular formula is C8H8N2O3. The minimum atomic E-state index is -0.349. The Morgan fingerprint density at radius 2 is 2.15 bits per heavy atom. The highest BCUT2D eigenvalue weighted by Gasteiger charge is 2.15. The van der Waals surface area contributed by atoms with Crippen LogP contribution in [0.3, 0.4) is 0 Å². The van der Waals surface area contributed by atoms with Gasteiger partial charge in [-0.1, -0.05) is 0 Å². The Balaban J connectivity index is 2.36. The maximum atomic E-state index is 11.1. The predicted octanol–water partition coefficient (Wildman–Crippen LogP) is 0.0188. The molecule has 0 atom stereocenters. The summed E-state index contributed by atoms with van der Waals surface area (Å²) in [5.74, 6) is 5.85. The molecule has 0 saturated carbocycles. The molecule has 0 fully saturated rings. The Labute approximate surface area is 74.4 Å². The van der Waals surface area contributed by atoms with Crippen LogP contribution < -0.4 is 20.7 Å². The molecule has 5 nitrogen and oxygen atoms in total. The molecular weight excluding hydrogens is 172 g/mol. The molecule has 1 amide bonds. The van der Waals surface area contributed by atoms with Crippen LogP contribution in [0, 0.1) is 0 Å². The monoisotopic (exact) mass is 180 g/mol. The quantitative estimate of drug-likeness (QED) is 0.363. The largest absolute Gasteiger partial charge is 0.454 e. The molecule has 68 valence electrons. The number of hydrogen-bond donors (Lipinski definition) is 2. The number of fused-ring (bicyclic) bond motifs is 1. The highest BCUT2D eigenvalue weighted by Crippen LogP contribution is 2.32. The van der Waals surface area contributed by atoms with Crippen molar-refractivity contribution in [3.8, 4) is 11.5 Å². The van der Waals surface area contributed by atoms with Gasteiger partial charge >= 0.3 is 0 Å². The fourth-order valence-corrected chi connectivity index (χ4v) is 1.12. The van der Waals surface area contributed by atoms with E-state index in [0.29, 0.717) is 17.1 Å². The molecule has 2 rings (SSSR count). The van der Waals surface area contributed by atoms with Crippen LogP contribution in [0.1, 0.15) is 10.4 Å². The summed E-state index contributed by atoms with van der Waals surface area (Å²) in [7, 11) is 0. The van der Waals surface area contributed by atoms with Crippen molar-refractivity contribution in [2.24, 2.45) is 5.84 Å². The third kappa shape index (κ3) is 1.29. The second kappa shape index (κ2) is 2.95. The molecule has 0 saturated heterocycles. The summed E-state index contributed by atoms with van der Waals surface area (Å²) in [5.41, 5.74) is 2.49. The molecule has 5 heteroatoms. The first-order chi connectivity index (χ1) is 6.31. The smallest absolute Gasteiger partial charge is 0.265 e. The van der Waals surface area contributed by atoms with E-state index in [1.165, 1.54) is 0 Å². The average Bonchev–Trinajstić information content (AvgIpc) is 2.63. The van der Waals surface area contributed by atoms with Gasteiger partial charge in [-0.05, 0) is 18.2 Å². The first kappa shape index (κ1) is 7.88. The Hall–Kier alpha value is -1.75. The van der Waals surface area contributed by atoms with E-state index >= 15 is 0 Å². The van der Waals surface area contributed by atoms with Crippen molar-refractivity contribution in [2.45, 2.75) is 0 Å². The molecule has 1 aromatic rings. The van der Waals surface area contributed by atoms with Crippen LogP contribution in [-0.4, -0.2) is 12.7 Å². The molecule has 1 aliphatic heterocycles. The number of nitrogens with one attached hydrogen (secondary N) is 1. The van der Waals surface area contributed by atoms with Gasteiger partial charge in [0.1, 0.15) is 0 Å². The lowest BCUT2D eigenvalue weighted by Crippen LogP contribution is -2.29. The lowest BCUT2D eigenvalue weighted by Gasteiger charge is -2.00. The van der Waals surface area contributed by atoms with E-state index in [4.69, 9.17) is 15.3 Å². The van der Waals surface area contributed by atoms with Gasteiger partial charge in [-0.25, -0.2) is 5.84 Å². The standard InChI is InChI=1S/C8H8N2O3/c9-10-8(11)5-1-2-6-7(3-5)13-4-12-6/h1-3H,4,9H2,(H,10,11). The molecule has 1 heterocycles. The van der Waals surface area contributed by atoms with E-state index in [-0.39, 0.29) is 12.7 Å². The van der Waals surface area contributed by atoms with Crippen LogP contribution in [0.15, 0.2) is 18.2 Å². The first-order valence-corrected chi connectivity index (χ1v) is 3.72. The molecule has 0 spiro atoms. The Kier molecular flexibility index (Phi) is 1.79. The van der Waals surface area contributed by atoms with Gasteiger partial charge < -0.3 is 9.47 Å². The lowest BCUT2D eigenvalue weighted by molar-refractivity contribution is 0.0953. The normalized spacial score (nSPS) is 12.7. The molecule has 0 unspecified atom stereocenters. The van der Waals surface area contributed by atoms with Crippen molar-refractivity contribution in [3.63, 3.8) is 0 Å². The van der Waals surface area contributed by atoms with Gasteiger partial charge in [0.05, 0.1) is 0 Å². The van der Waals surface area contributed by atoms with Crippen LogP contribution in [-0.2, 0) is 0 Å². The van der Waals surface area contributed by atoms with Crippen LogP contribution in [0.2, 0.25) is 0 Å². The van der Waals surface area contributed by atoms with Crippen molar-refractivity contribution < 1.29 is 14.3 Å². The van der Waals surface area contributed by atoms with Gasteiger partial charge in [0.2, 0.25) is 6.79 Å². The third-order valence-electron chi connectivity index (χ3n) is 1.77. The van der Waals surface area contributed by atoms with Crippen molar-refractivity contribution in [1.29, 1.82) is 0 Å². The van der Waals surface area contributed by atoms with Gasteiger partial charge in [-0.15, -0.1) is 0 Å². The third-order valence-corrected chi connectivity index (χ3v) is 1.77. The van der Waals surface area contributed by atoms with Gasteiger partial charge in [0.25, 0.3) is 5.91 Å². The minimum absolute atomic E-state index is 0.197. The molecule has 0 aliphatic carbocycles. The molecule has 0 radical (unpaired) electrons. The zero-order valence-electron chi connectivity index (χ0n) is 6.74. The Morgan fingerprint density at radius 1 is 1.38 bits per heavy atom. The molecule has 0 aromatic heterocycles. The molecule has 13 heavy (non-hydrogen) atoms. The SMILES string of the molecule is NNC(=O)c1ccc2c(c1)OCO2. The average molecular weight is 180 g/mol. The van der Waals surface area contributed by atoms with Gasteiger partial charge in [-0.3, -0.25) is 10.2 Å². The maximum Gasteiger partial charge on any atom is 0.265 e. The Morgan fingerprint density at radius 3 is 2.92 bits per heavy atom. The highest BCUT2D eigenvalue weighted by atomic mass is 16.7. The van der Waals surface area contributed by atoms with Crippen molar-refractivity contribution in [1.82, 2.24) is 5.43 Å². The fourth-order valence-electron chi connectivity index (χ4n) is 1.12. The predicted molar refractivity (Wildman–Crippen MR) is 44.2 cm³/mol. The fraction of sp³-hybridized carbons (Fsp3) is 0.125. The van der Waals surface area contributed by atoms with Crippen molar-refractivity contribution in [3.05, 3.63) is 23.8 Å². The Bertz CT molecular complexity index is 351. The number of amides is 1. The van der Waals surface area contributed by atoms with Crippen molar-refractivity contribution in [2.75, 3.05) is 6.79 Å². The van der Waals surface area contributed by atoms with Gasteiger partial charge in [-0.2, -0.15) is 0 Å². The van der Waals surface area contributed by atoms with Crippen LogP contribution in [0.4, 0.5) is 0 Å². The van der Waals surface area contributed by atoms with Crippen LogP contribution >= 0.6 is 0 Å². The number of hydrazine groups is 1. The topological polar surface area (TPSA) is 73.6 Å². The molecule has 1 aromatic carbocycles. The number of nitrogens with two attached hydrogens (primary N) is 1. The first-order valence-electron chi connectivity index (χ1n) is 3.72. The van der Waals surface area contributed by atoms with E-state index in [9.17, 15) is 4.79 Å². The summed E-state index contributed by atoms with van der Waals surface area (Å²) in [6.07, 6.45) is 0. The summed E-state index contributed by atoms with van der Waals surface area (Å²) in [5, 5.41) is 0. The number of rotatable bonds is 1. The zero-order valence-corrected chi connectivity index (χ0v) is 6.74. The maximum absolute atomic E-state index is 11.1. The van der Waals surface area contributed by atoms with E-state index in [1.54, 1.807) is 18.2 Å². The number of carbonyl (C=O) groups excluding carboxylic acids is 1. The summed E-state index contributed by atoms with van der Waals surface area (Å²) in [4.78, 5) is 11.1. The lowest BCUT2D eigenvalue weighted by atomic mass is 10.2. The second-order valence-corrected chi connectivity index (χ2v) is 2.54. The summed E-state index contributed by atoms with van der Waals surface area (Å²) in [6.45, 7) is 0.197. The van der Waals surface area contributed by atoms with Gasteiger partial charge in [0, 0.05) is 5.56 Å². The van der Waals surface area contributed by atoms with Crippen LogP contribution in [0.5, 0.6) is 11.5 Å². The number of hydrogen-bond acceptors (Lipinski definition) is 4. The number of benzene rings is 1. The zero-order chi connectivity index (χ0) is 9.26. The van der Waals surface area contributed by atoms with Crippen molar-refractivity contribution >= 4 is 5.91 Å². The van der Waals surface area contributed by atoms with E-state index < -0.39 is 0 Å². The summed E-state index contributed by atoms with van der Waals surface area (Å²) >= 11 is 0. The minimum Gasteiger partial charge on any atom is -0.454 e. The van der Waals surface area contributed by atoms with Crippen LogP contribution in [0.25, 0.3) is 0 Å². The number of ether oxygens (including phenoxy) is 2. The second-order valence-electron chi connectivity index (χ2n) is 2.54. The summed E-state index contributed by atoms with van der Waals surface area (Å²) in [6, 6.07) is 4.88. The van der Waals surface area contributed by atoms with E-state index in [2.05, 4.69) is 0 Å². The molecule has 3 N–H and O–H groups in total. The number of carbonyl (C=O) groups is 1. The highest BCUT2D eigenvalue weighted by molar-refractivity contribution is 5.94.